The minimum Gasteiger partial charge on any atom is -0.336 e. The predicted molar refractivity (Wildman–Crippen MR) is 67.1 cm³/mol. The van der Waals surface area contributed by atoms with Crippen LogP contribution in [0.1, 0.15) is 53.4 Å². The van der Waals surface area contributed by atoms with Gasteiger partial charge in [-0.15, -0.1) is 0 Å². The van der Waals surface area contributed by atoms with Gasteiger partial charge >= 0.3 is 0 Å². The zero-order chi connectivity index (χ0) is 12.3. The Balaban J connectivity index is 2.71. The molecule has 0 spiro atoms. The number of carbonyl (C=O) groups excluding carboxylic acids is 1. The van der Waals surface area contributed by atoms with E-state index < -0.39 is 0 Å². The lowest BCUT2D eigenvalue weighted by Crippen LogP contribution is -2.51. The number of nitrogens with two attached hydrogens (primary N) is 1. The highest BCUT2D eigenvalue weighted by molar-refractivity contribution is 5.82. The van der Waals surface area contributed by atoms with Crippen LogP contribution in [-0.2, 0) is 4.79 Å². The maximum Gasteiger partial charge on any atom is 0.240 e. The van der Waals surface area contributed by atoms with Gasteiger partial charge in [-0.05, 0) is 32.1 Å². The minimum absolute atomic E-state index is 0.159. The van der Waals surface area contributed by atoms with Crippen LogP contribution in [0.5, 0.6) is 0 Å². The van der Waals surface area contributed by atoms with Crippen molar-refractivity contribution in [2.75, 3.05) is 0 Å². The second kappa shape index (κ2) is 5.67. The van der Waals surface area contributed by atoms with Gasteiger partial charge in [0.25, 0.3) is 0 Å². The molecular formula is C13H26N2O. The maximum atomic E-state index is 12.3. The molecule has 16 heavy (non-hydrogen) atoms. The van der Waals surface area contributed by atoms with Crippen LogP contribution < -0.4 is 5.73 Å². The summed E-state index contributed by atoms with van der Waals surface area (Å²) in [5.74, 6) is 0.434. The molecule has 3 nitrogen and oxygen atoms in total. The molecule has 0 aromatic rings. The Labute approximate surface area is 99.4 Å². The topological polar surface area (TPSA) is 46.3 Å². The summed E-state index contributed by atoms with van der Waals surface area (Å²) in [6, 6.07) is 0.463. The molecule has 1 saturated heterocycles. The first-order valence-electron chi connectivity index (χ1n) is 6.60. The first-order chi connectivity index (χ1) is 7.52. The Morgan fingerprint density at radius 2 is 2.06 bits per heavy atom. The maximum absolute atomic E-state index is 12.3. The smallest absolute Gasteiger partial charge is 0.240 e. The molecule has 3 unspecified atom stereocenters. The van der Waals surface area contributed by atoms with Crippen LogP contribution >= 0.6 is 0 Å². The van der Waals surface area contributed by atoms with Crippen molar-refractivity contribution in [1.82, 2.24) is 4.90 Å². The van der Waals surface area contributed by atoms with Gasteiger partial charge in [-0.25, -0.2) is 0 Å². The van der Waals surface area contributed by atoms with Crippen molar-refractivity contribution in [1.29, 1.82) is 0 Å². The highest BCUT2D eigenvalue weighted by atomic mass is 16.2. The second-order valence-electron chi connectivity index (χ2n) is 5.15. The Kier molecular flexibility index (Phi) is 4.78. The van der Waals surface area contributed by atoms with E-state index in [-0.39, 0.29) is 17.9 Å². The fourth-order valence-electron chi connectivity index (χ4n) is 2.54. The lowest BCUT2D eigenvalue weighted by Gasteiger charge is -2.32. The van der Waals surface area contributed by atoms with Gasteiger partial charge in [0, 0.05) is 12.1 Å². The Morgan fingerprint density at radius 3 is 2.56 bits per heavy atom. The fourth-order valence-corrected chi connectivity index (χ4v) is 2.54. The van der Waals surface area contributed by atoms with Crippen molar-refractivity contribution in [3.05, 3.63) is 0 Å². The molecule has 0 saturated carbocycles. The molecule has 3 heteroatoms. The Hall–Kier alpha value is -0.570. The van der Waals surface area contributed by atoms with E-state index in [2.05, 4.69) is 27.7 Å². The van der Waals surface area contributed by atoms with Gasteiger partial charge in [0.15, 0.2) is 0 Å². The Bertz CT molecular complexity index is 242. The van der Waals surface area contributed by atoms with Crippen molar-refractivity contribution < 1.29 is 4.79 Å². The molecule has 0 aromatic carbocycles. The van der Waals surface area contributed by atoms with Crippen LogP contribution in [0.25, 0.3) is 0 Å². The third-order valence-electron chi connectivity index (χ3n) is 4.05. The highest BCUT2D eigenvalue weighted by Crippen LogP contribution is 2.27. The molecular weight excluding hydrogens is 200 g/mol. The summed E-state index contributed by atoms with van der Waals surface area (Å²) in [4.78, 5) is 14.4. The van der Waals surface area contributed by atoms with E-state index in [4.69, 9.17) is 5.73 Å². The summed E-state index contributed by atoms with van der Waals surface area (Å²) in [6.07, 6.45) is 4.27. The Morgan fingerprint density at radius 1 is 1.44 bits per heavy atom. The summed E-state index contributed by atoms with van der Waals surface area (Å²) in [7, 11) is 0. The van der Waals surface area contributed by atoms with Crippen molar-refractivity contribution in [2.45, 2.75) is 71.5 Å². The lowest BCUT2D eigenvalue weighted by atomic mass is 9.98. The molecule has 1 aliphatic rings. The number of likely N-dealkylation sites (tertiary alicyclic amines) is 1. The van der Waals surface area contributed by atoms with E-state index >= 15 is 0 Å². The van der Waals surface area contributed by atoms with E-state index in [9.17, 15) is 4.79 Å². The van der Waals surface area contributed by atoms with Gasteiger partial charge in [0.05, 0.1) is 6.04 Å². The molecule has 1 rings (SSSR count). The molecule has 0 bridgehead atoms. The first-order valence-corrected chi connectivity index (χ1v) is 6.60. The van der Waals surface area contributed by atoms with Crippen LogP contribution in [0.2, 0.25) is 0 Å². The number of rotatable bonds is 4. The van der Waals surface area contributed by atoms with Crippen molar-refractivity contribution >= 4 is 5.91 Å². The molecule has 1 amide bonds. The van der Waals surface area contributed by atoms with E-state index in [0.717, 1.165) is 25.7 Å². The van der Waals surface area contributed by atoms with E-state index in [1.165, 1.54) is 0 Å². The summed E-state index contributed by atoms with van der Waals surface area (Å²) >= 11 is 0. The number of hydrogen-bond acceptors (Lipinski definition) is 2. The normalized spacial score (nSPS) is 29.2. The van der Waals surface area contributed by atoms with Gasteiger partial charge in [0.2, 0.25) is 5.91 Å². The SMILES string of the molecule is CCC(C)[C@H](N)C(=O)N1C(C)CCC1CC. The highest BCUT2D eigenvalue weighted by Gasteiger charge is 2.36. The molecule has 0 aromatic heterocycles. The molecule has 94 valence electrons. The molecule has 2 N–H and O–H groups in total. The molecule has 1 heterocycles. The lowest BCUT2D eigenvalue weighted by molar-refractivity contribution is -0.136. The van der Waals surface area contributed by atoms with Gasteiger partial charge < -0.3 is 10.6 Å². The molecule has 1 aliphatic heterocycles. The van der Waals surface area contributed by atoms with Crippen LogP contribution in [0.4, 0.5) is 0 Å². The molecule has 0 radical (unpaired) electrons. The van der Waals surface area contributed by atoms with Crippen LogP contribution in [0, 0.1) is 5.92 Å². The summed E-state index contributed by atoms with van der Waals surface area (Å²) in [6.45, 7) is 8.43. The van der Waals surface area contributed by atoms with Crippen molar-refractivity contribution in [2.24, 2.45) is 11.7 Å². The van der Waals surface area contributed by atoms with Gasteiger partial charge in [-0.2, -0.15) is 0 Å². The van der Waals surface area contributed by atoms with Crippen molar-refractivity contribution in [3.8, 4) is 0 Å². The van der Waals surface area contributed by atoms with Crippen LogP contribution in [0.3, 0.4) is 0 Å². The molecule has 0 aliphatic carbocycles. The van der Waals surface area contributed by atoms with Gasteiger partial charge in [-0.1, -0.05) is 27.2 Å². The van der Waals surface area contributed by atoms with E-state index in [1.54, 1.807) is 0 Å². The van der Waals surface area contributed by atoms with Gasteiger partial charge in [0.1, 0.15) is 0 Å². The molecule has 4 atom stereocenters. The van der Waals surface area contributed by atoms with Crippen LogP contribution in [0.15, 0.2) is 0 Å². The zero-order valence-electron chi connectivity index (χ0n) is 11.1. The molecule has 1 fully saturated rings. The third-order valence-corrected chi connectivity index (χ3v) is 4.05. The van der Waals surface area contributed by atoms with E-state index in [1.807, 2.05) is 4.90 Å². The number of amides is 1. The standard InChI is InChI=1S/C13H26N2O/c1-5-9(3)12(14)13(16)15-10(4)7-8-11(15)6-2/h9-12H,5-8,14H2,1-4H3/t9?,10?,11?,12-/m0/s1. The monoisotopic (exact) mass is 226 g/mol. The predicted octanol–water partition coefficient (Wildman–Crippen LogP) is 2.15. The summed E-state index contributed by atoms with van der Waals surface area (Å²) < 4.78 is 0. The van der Waals surface area contributed by atoms with Crippen molar-refractivity contribution in [3.63, 3.8) is 0 Å². The quantitative estimate of drug-likeness (QED) is 0.798. The number of carbonyl (C=O) groups is 1. The minimum atomic E-state index is -0.320. The largest absolute Gasteiger partial charge is 0.336 e. The zero-order valence-corrected chi connectivity index (χ0v) is 11.1. The van der Waals surface area contributed by atoms with Gasteiger partial charge in [-0.3, -0.25) is 4.79 Å². The van der Waals surface area contributed by atoms with Crippen LogP contribution in [-0.4, -0.2) is 28.9 Å². The average Bonchev–Trinajstić information content (AvgIpc) is 2.67. The number of nitrogens with zero attached hydrogens (tertiary/aromatic N) is 1. The first kappa shape index (κ1) is 13.5. The summed E-state index contributed by atoms with van der Waals surface area (Å²) in [5.41, 5.74) is 6.04. The summed E-state index contributed by atoms with van der Waals surface area (Å²) in [5, 5.41) is 0. The number of hydrogen-bond donors (Lipinski definition) is 1. The third kappa shape index (κ3) is 2.57. The average molecular weight is 226 g/mol. The second-order valence-corrected chi connectivity index (χ2v) is 5.15. The fraction of sp³-hybridized carbons (Fsp3) is 0.923. The van der Waals surface area contributed by atoms with E-state index in [0.29, 0.717) is 12.1 Å².